The van der Waals surface area contributed by atoms with E-state index in [1.807, 2.05) is 18.2 Å². The Balaban J connectivity index is 1.83. The van der Waals surface area contributed by atoms with Crippen LogP contribution in [0, 0.1) is 0 Å². The van der Waals surface area contributed by atoms with Crippen LogP contribution < -0.4 is 4.74 Å². The molecule has 0 bridgehead atoms. The van der Waals surface area contributed by atoms with Gasteiger partial charge in [-0.3, -0.25) is 4.98 Å². The summed E-state index contributed by atoms with van der Waals surface area (Å²) in [5.74, 6) is 0.189. The van der Waals surface area contributed by atoms with Gasteiger partial charge in [0.05, 0.1) is 18.2 Å². The molecule has 0 radical (unpaired) electrons. The molecule has 0 unspecified atom stereocenters. The molecule has 0 saturated carbocycles. The number of carbonyl (C=O) groups is 1. The average Bonchev–Trinajstić information content (AvgIpc) is 2.59. The number of esters is 1. The quantitative estimate of drug-likeness (QED) is 0.672. The number of pyridine rings is 1. The van der Waals surface area contributed by atoms with Gasteiger partial charge in [-0.2, -0.15) is 0 Å². The monoisotopic (exact) mass is 327 g/mol. The van der Waals surface area contributed by atoms with E-state index in [-0.39, 0.29) is 6.61 Å². The van der Waals surface area contributed by atoms with Crippen LogP contribution in [-0.4, -0.2) is 18.1 Å². The normalized spacial score (nSPS) is 10.5. The molecule has 5 heteroatoms. The van der Waals surface area contributed by atoms with Gasteiger partial charge in [0, 0.05) is 22.2 Å². The van der Waals surface area contributed by atoms with Crippen molar-refractivity contribution in [1.29, 1.82) is 0 Å². The van der Waals surface area contributed by atoms with E-state index in [4.69, 9.17) is 21.1 Å². The van der Waals surface area contributed by atoms with Crippen molar-refractivity contribution in [1.82, 2.24) is 4.98 Å². The van der Waals surface area contributed by atoms with Gasteiger partial charge in [0.1, 0.15) is 12.4 Å². The Morgan fingerprint density at radius 1 is 1.17 bits per heavy atom. The van der Waals surface area contributed by atoms with E-state index < -0.39 is 5.97 Å². The van der Waals surface area contributed by atoms with Crippen LogP contribution in [0.15, 0.2) is 54.7 Å². The summed E-state index contributed by atoms with van der Waals surface area (Å²) < 4.78 is 10.6. The second-order valence-electron chi connectivity index (χ2n) is 4.91. The third-order valence-electron chi connectivity index (χ3n) is 3.45. The van der Waals surface area contributed by atoms with E-state index in [0.717, 1.165) is 5.39 Å². The minimum Gasteiger partial charge on any atom is -0.496 e. The second kappa shape index (κ2) is 6.67. The van der Waals surface area contributed by atoms with Gasteiger partial charge in [-0.15, -0.1) is 0 Å². The van der Waals surface area contributed by atoms with Crippen LogP contribution in [0.5, 0.6) is 5.75 Å². The Kier molecular flexibility index (Phi) is 4.44. The third-order valence-corrected chi connectivity index (χ3v) is 3.69. The Labute approximate surface area is 138 Å². The van der Waals surface area contributed by atoms with Gasteiger partial charge in [0.15, 0.2) is 0 Å². The van der Waals surface area contributed by atoms with Crippen molar-refractivity contribution in [3.05, 3.63) is 70.9 Å². The zero-order chi connectivity index (χ0) is 16.2. The van der Waals surface area contributed by atoms with Crippen molar-refractivity contribution in [3.8, 4) is 5.75 Å². The molecule has 3 aromatic rings. The zero-order valence-corrected chi connectivity index (χ0v) is 13.2. The minimum atomic E-state index is -0.434. The number of hydrogen-bond acceptors (Lipinski definition) is 4. The number of methoxy groups -OCH3 is 1. The first-order valence-electron chi connectivity index (χ1n) is 7.02. The maximum Gasteiger partial charge on any atom is 0.340 e. The first-order valence-corrected chi connectivity index (χ1v) is 7.40. The van der Waals surface area contributed by atoms with Crippen molar-refractivity contribution < 1.29 is 14.3 Å². The summed E-state index contributed by atoms with van der Waals surface area (Å²) in [5.41, 5.74) is 1.77. The van der Waals surface area contributed by atoms with Crippen molar-refractivity contribution in [3.63, 3.8) is 0 Å². The Morgan fingerprint density at radius 2 is 2.00 bits per heavy atom. The van der Waals surface area contributed by atoms with Crippen molar-refractivity contribution in [2.75, 3.05) is 7.11 Å². The highest BCUT2D eigenvalue weighted by Gasteiger charge is 2.14. The molecule has 0 N–H and O–H groups in total. The van der Waals surface area contributed by atoms with Gasteiger partial charge in [-0.25, -0.2) is 4.79 Å². The van der Waals surface area contributed by atoms with Crippen LogP contribution in [0.4, 0.5) is 0 Å². The topological polar surface area (TPSA) is 48.4 Å². The summed E-state index contributed by atoms with van der Waals surface area (Å²) in [6, 6.07) is 14.3. The summed E-state index contributed by atoms with van der Waals surface area (Å²) in [6.45, 7) is 0.0752. The maximum atomic E-state index is 12.4. The highest BCUT2D eigenvalue weighted by Crippen LogP contribution is 2.24. The number of carbonyl (C=O) groups excluding carboxylic acids is 1. The lowest BCUT2D eigenvalue weighted by Gasteiger charge is -2.10. The van der Waals surface area contributed by atoms with Gasteiger partial charge >= 0.3 is 5.97 Å². The molecule has 23 heavy (non-hydrogen) atoms. The number of para-hydroxylation sites is 1. The fraction of sp³-hybridized carbons (Fsp3) is 0.111. The SMILES string of the molecule is COc1ccc(Cl)cc1COC(=O)c1cccc2cccnc12. The molecule has 116 valence electrons. The highest BCUT2D eigenvalue weighted by atomic mass is 35.5. The first kappa shape index (κ1) is 15.3. The van der Waals surface area contributed by atoms with Crippen molar-refractivity contribution in [2.24, 2.45) is 0 Å². The van der Waals surface area contributed by atoms with Gasteiger partial charge in [-0.05, 0) is 30.3 Å². The van der Waals surface area contributed by atoms with Gasteiger partial charge in [0.2, 0.25) is 0 Å². The van der Waals surface area contributed by atoms with Crippen molar-refractivity contribution in [2.45, 2.75) is 6.61 Å². The molecule has 0 aliphatic carbocycles. The molecule has 0 amide bonds. The van der Waals surface area contributed by atoms with Crippen molar-refractivity contribution >= 4 is 28.5 Å². The molecule has 0 spiro atoms. The van der Waals surface area contributed by atoms with E-state index in [9.17, 15) is 4.79 Å². The molecule has 1 aromatic heterocycles. The zero-order valence-electron chi connectivity index (χ0n) is 12.5. The predicted octanol–water partition coefficient (Wildman–Crippen LogP) is 4.25. The van der Waals surface area contributed by atoms with Crippen LogP contribution in [0.25, 0.3) is 10.9 Å². The second-order valence-corrected chi connectivity index (χ2v) is 5.35. The predicted molar refractivity (Wildman–Crippen MR) is 88.9 cm³/mol. The molecule has 0 saturated heterocycles. The van der Waals surface area contributed by atoms with E-state index in [1.165, 1.54) is 0 Å². The number of nitrogens with zero attached hydrogens (tertiary/aromatic N) is 1. The molecule has 0 atom stereocenters. The first-order chi connectivity index (χ1) is 11.2. The van der Waals surface area contributed by atoms with E-state index in [1.54, 1.807) is 43.6 Å². The smallest absolute Gasteiger partial charge is 0.340 e. The largest absolute Gasteiger partial charge is 0.496 e. The van der Waals surface area contributed by atoms with Gasteiger partial charge < -0.3 is 9.47 Å². The number of ether oxygens (including phenoxy) is 2. The molecular formula is C18H14ClNO3. The lowest BCUT2D eigenvalue weighted by Crippen LogP contribution is -2.07. The summed E-state index contributed by atoms with van der Waals surface area (Å²) in [7, 11) is 1.56. The van der Waals surface area contributed by atoms with Gasteiger partial charge in [0.25, 0.3) is 0 Å². The Hall–Kier alpha value is -2.59. The molecule has 4 nitrogen and oxygen atoms in total. The molecule has 3 rings (SSSR count). The fourth-order valence-corrected chi connectivity index (χ4v) is 2.54. The Morgan fingerprint density at radius 3 is 2.83 bits per heavy atom. The summed E-state index contributed by atoms with van der Waals surface area (Å²) in [5, 5.41) is 1.45. The highest BCUT2D eigenvalue weighted by molar-refractivity contribution is 6.30. The Bertz CT molecular complexity index is 859. The summed E-state index contributed by atoms with van der Waals surface area (Å²) in [4.78, 5) is 16.6. The van der Waals surface area contributed by atoms with E-state index in [0.29, 0.717) is 27.4 Å². The molecule has 0 aliphatic rings. The molecule has 1 heterocycles. The van der Waals surface area contributed by atoms with Crippen LogP contribution >= 0.6 is 11.6 Å². The molecule has 2 aromatic carbocycles. The van der Waals surface area contributed by atoms with E-state index >= 15 is 0 Å². The third kappa shape index (κ3) is 3.27. The number of benzene rings is 2. The number of hydrogen-bond donors (Lipinski definition) is 0. The fourth-order valence-electron chi connectivity index (χ4n) is 2.35. The number of aromatic nitrogens is 1. The van der Waals surface area contributed by atoms with E-state index in [2.05, 4.69) is 4.98 Å². The molecule has 0 fully saturated rings. The average molecular weight is 328 g/mol. The lowest BCUT2D eigenvalue weighted by molar-refractivity contribution is 0.0472. The van der Waals surface area contributed by atoms with Gasteiger partial charge in [-0.1, -0.05) is 29.8 Å². The molecular weight excluding hydrogens is 314 g/mol. The van der Waals surface area contributed by atoms with Crippen LogP contribution in [0.2, 0.25) is 5.02 Å². The summed E-state index contributed by atoms with van der Waals surface area (Å²) in [6.07, 6.45) is 1.65. The number of halogens is 1. The summed E-state index contributed by atoms with van der Waals surface area (Å²) >= 11 is 5.98. The van der Waals surface area contributed by atoms with Crippen LogP contribution in [-0.2, 0) is 11.3 Å². The molecule has 0 aliphatic heterocycles. The lowest BCUT2D eigenvalue weighted by atomic mass is 10.1. The number of rotatable bonds is 4. The number of fused-ring (bicyclic) bond motifs is 1. The van der Waals surface area contributed by atoms with Crippen LogP contribution in [0.3, 0.4) is 0 Å². The minimum absolute atomic E-state index is 0.0752. The van der Waals surface area contributed by atoms with Crippen LogP contribution in [0.1, 0.15) is 15.9 Å². The standard InChI is InChI=1S/C18H14ClNO3/c1-22-16-8-7-14(19)10-13(16)11-23-18(21)15-6-2-4-12-5-3-9-20-17(12)15/h2-10H,11H2,1H3. The maximum absolute atomic E-state index is 12.4.